The second kappa shape index (κ2) is 7.17. The van der Waals surface area contributed by atoms with E-state index in [1.54, 1.807) is 23.5 Å². The first-order valence-corrected chi connectivity index (χ1v) is 9.66. The van der Waals surface area contributed by atoms with Gasteiger partial charge in [-0.05, 0) is 42.3 Å². The van der Waals surface area contributed by atoms with Crippen LogP contribution in [0.4, 0.5) is 4.79 Å². The van der Waals surface area contributed by atoms with Crippen LogP contribution in [0, 0.1) is 6.92 Å². The van der Waals surface area contributed by atoms with Crippen molar-refractivity contribution in [1.29, 1.82) is 0 Å². The van der Waals surface area contributed by atoms with Crippen molar-refractivity contribution in [3.63, 3.8) is 0 Å². The molecular weight excluding hydrogens is 384 g/mol. The molecule has 0 saturated carbocycles. The number of hydrogen-bond acceptors (Lipinski definition) is 4. The molecule has 3 N–H and O–H groups in total. The summed E-state index contributed by atoms with van der Waals surface area (Å²) < 4.78 is 1.06. The second-order valence-electron chi connectivity index (χ2n) is 6.36. The third-order valence-corrected chi connectivity index (χ3v) is 5.62. The molecule has 0 radical (unpaired) electrons. The molecule has 1 fully saturated rings. The fourth-order valence-corrected chi connectivity index (χ4v) is 4.11. The Morgan fingerprint density at radius 1 is 1.26 bits per heavy atom. The maximum absolute atomic E-state index is 12.7. The summed E-state index contributed by atoms with van der Waals surface area (Å²) in [5, 5.41) is 9.89. The first-order chi connectivity index (χ1) is 13.0. The van der Waals surface area contributed by atoms with E-state index in [0.29, 0.717) is 5.02 Å². The molecule has 1 aromatic heterocycles. The Morgan fingerprint density at radius 2 is 2.00 bits per heavy atom. The van der Waals surface area contributed by atoms with Gasteiger partial charge in [-0.15, -0.1) is 11.3 Å². The van der Waals surface area contributed by atoms with Gasteiger partial charge in [-0.1, -0.05) is 29.8 Å². The number of aryl methyl sites for hydroxylation is 1. The monoisotopic (exact) mass is 400 g/mol. The molecule has 1 aliphatic heterocycles. The van der Waals surface area contributed by atoms with Crippen LogP contribution in [0.5, 0.6) is 0 Å². The van der Waals surface area contributed by atoms with Crippen LogP contribution in [0.15, 0.2) is 42.5 Å². The van der Waals surface area contributed by atoms with Crippen molar-refractivity contribution in [2.45, 2.75) is 19.0 Å². The zero-order valence-corrected chi connectivity index (χ0v) is 16.0. The summed E-state index contributed by atoms with van der Waals surface area (Å²) >= 11 is 7.63. The molecule has 4 rings (SSSR count). The Hall–Kier alpha value is -2.64. The van der Waals surface area contributed by atoms with Crippen molar-refractivity contribution in [1.82, 2.24) is 20.9 Å². The number of nitrogens with one attached hydrogen (secondary N) is 3. The number of fused-ring (bicyclic) bond motifs is 1. The molecule has 1 aliphatic rings. The zero-order valence-electron chi connectivity index (χ0n) is 14.5. The Morgan fingerprint density at radius 3 is 2.70 bits per heavy atom. The number of benzene rings is 2. The quantitative estimate of drug-likeness (QED) is 0.629. The fourth-order valence-electron chi connectivity index (χ4n) is 3.11. The normalized spacial score (nSPS) is 17.4. The van der Waals surface area contributed by atoms with Crippen LogP contribution in [-0.4, -0.2) is 29.5 Å². The number of urea groups is 1. The van der Waals surface area contributed by atoms with Gasteiger partial charge in [0, 0.05) is 11.6 Å². The maximum Gasteiger partial charge on any atom is 0.315 e. The van der Waals surface area contributed by atoms with E-state index in [0.717, 1.165) is 26.4 Å². The van der Waals surface area contributed by atoms with E-state index in [9.17, 15) is 9.59 Å². The highest BCUT2D eigenvalue weighted by atomic mass is 35.5. The van der Waals surface area contributed by atoms with E-state index in [-0.39, 0.29) is 24.5 Å². The van der Waals surface area contributed by atoms with Crippen LogP contribution in [0.1, 0.15) is 22.2 Å². The third kappa shape index (κ3) is 3.74. The van der Waals surface area contributed by atoms with Gasteiger partial charge >= 0.3 is 6.03 Å². The molecule has 1 saturated heterocycles. The van der Waals surface area contributed by atoms with Gasteiger partial charge in [0.15, 0.2) is 0 Å². The second-order valence-corrected chi connectivity index (χ2v) is 8.03. The number of nitrogens with zero attached hydrogens (tertiary/aromatic N) is 1. The van der Waals surface area contributed by atoms with Crippen molar-refractivity contribution in [2.24, 2.45) is 0 Å². The van der Waals surface area contributed by atoms with Crippen LogP contribution < -0.4 is 16.0 Å². The lowest BCUT2D eigenvalue weighted by Gasteiger charge is -2.22. The van der Waals surface area contributed by atoms with E-state index < -0.39 is 6.04 Å². The number of carbonyl (C=O) groups excluding carboxylic acids is 2. The molecule has 8 heteroatoms. The number of aromatic nitrogens is 1. The Bertz CT molecular complexity index is 1020. The van der Waals surface area contributed by atoms with Crippen LogP contribution in [0.25, 0.3) is 10.2 Å². The topological polar surface area (TPSA) is 83.1 Å². The van der Waals surface area contributed by atoms with E-state index in [2.05, 4.69) is 20.9 Å². The summed E-state index contributed by atoms with van der Waals surface area (Å²) in [7, 11) is 0. The van der Waals surface area contributed by atoms with Crippen LogP contribution in [-0.2, 0) is 4.79 Å². The van der Waals surface area contributed by atoms with Gasteiger partial charge in [0.05, 0.1) is 21.3 Å². The molecule has 27 heavy (non-hydrogen) atoms. The summed E-state index contributed by atoms with van der Waals surface area (Å²) in [6.07, 6.45) is 0. The average molecular weight is 401 g/mol. The molecule has 1 unspecified atom stereocenters. The zero-order chi connectivity index (χ0) is 19.0. The number of halogens is 1. The van der Waals surface area contributed by atoms with Crippen molar-refractivity contribution in [3.8, 4) is 0 Å². The minimum absolute atomic E-state index is 0.242. The smallest absolute Gasteiger partial charge is 0.315 e. The highest BCUT2D eigenvalue weighted by Crippen LogP contribution is 2.29. The molecule has 3 amide bonds. The first-order valence-electron chi connectivity index (χ1n) is 8.47. The molecular formula is C19H17ClN4O2S. The van der Waals surface area contributed by atoms with Gasteiger partial charge in [0.25, 0.3) is 0 Å². The van der Waals surface area contributed by atoms with E-state index >= 15 is 0 Å². The lowest BCUT2D eigenvalue weighted by molar-refractivity contribution is -0.122. The summed E-state index contributed by atoms with van der Waals surface area (Å²) in [5.41, 5.74) is 2.79. The summed E-state index contributed by atoms with van der Waals surface area (Å²) in [5.74, 6) is -0.242. The van der Waals surface area contributed by atoms with Gasteiger partial charge in [-0.25, -0.2) is 9.78 Å². The average Bonchev–Trinajstić information content (AvgIpc) is 3.24. The standard InChI is InChI=1S/C19H17ClN4O2S/c1-10-22-14-7-4-12(8-16(14)27-10)17(11-2-5-13(20)6-3-11)24-18(25)15-9-21-19(26)23-15/h2-8,15,17H,9H2,1H3,(H,24,25)(H2,21,23,26)/t15-,17?/m0/s1. The maximum atomic E-state index is 12.7. The van der Waals surface area contributed by atoms with Gasteiger partial charge in [-0.2, -0.15) is 0 Å². The summed E-state index contributed by atoms with van der Waals surface area (Å²) in [6, 6.07) is 12.1. The molecule has 0 aliphatic carbocycles. The Kier molecular flexibility index (Phi) is 4.72. The molecule has 0 bridgehead atoms. The van der Waals surface area contributed by atoms with E-state index in [4.69, 9.17) is 11.6 Å². The van der Waals surface area contributed by atoms with Gasteiger partial charge in [0.2, 0.25) is 5.91 Å². The van der Waals surface area contributed by atoms with E-state index in [1.165, 1.54) is 0 Å². The number of amides is 3. The van der Waals surface area contributed by atoms with Gasteiger partial charge in [0.1, 0.15) is 6.04 Å². The van der Waals surface area contributed by atoms with Crippen LogP contribution in [0.2, 0.25) is 5.02 Å². The predicted molar refractivity (Wildman–Crippen MR) is 106 cm³/mol. The molecule has 138 valence electrons. The minimum atomic E-state index is -0.596. The largest absolute Gasteiger partial charge is 0.343 e. The van der Waals surface area contributed by atoms with Crippen molar-refractivity contribution >= 4 is 45.1 Å². The molecule has 2 atom stereocenters. The highest BCUT2D eigenvalue weighted by Gasteiger charge is 2.29. The summed E-state index contributed by atoms with van der Waals surface area (Å²) in [6.45, 7) is 2.24. The molecule has 0 spiro atoms. The Labute approximate surface area is 164 Å². The lowest BCUT2D eigenvalue weighted by atomic mass is 9.98. The van der Waals surface area contributed by atoms with Crippen LogP contribution >= 0.6 is 22.9 Å². The predicted octanol–water partition coefficient (Wildman–Crippen LogP) is 3.15. The first kappa shape index (κ1) is 17.8. The van der Waals surface area contributed by atoms with Crippen LogP contribution in [0.3, 0.4) is 0 Å². The number of carbonyl (C=O) groups is 2. The van der Waals surface area contributed by atoms with Crippen molar-refractivity contribution in [2.75, 3.05) is 6.54 Å². The SMILES string of the molecule is Cc1nc2ccc(C(NC(=O)[C@@H]3CNC(=O)N3)c3ccc(Cl)cc3)cc2s1. The lowest BCUT2D eigenvalue weighted by Crippen LogP contribution is -2.44. The highest BCUT2D eigenvalue weighted by molar-refractivity contribution is 7.18. The van der Waals surface area contributed by atoms with Gasteiger partial charge in [-0.3, -0.25) is 4.79 Å². The Balaban J connectivity index is 1.69. The molecule has 3 aromatic rings. The fraction of sp³-hybridized carbons (Fsp3) is 0.211. The van der Waals surface area contributed by atoms with Gasteiger partial charge < -0.3 is 16.0 Å². The number of thiazole rings is 1. The summed E-state index contributed by atoms with van der Waals surface area (Å²) in [4.78, 5) is 28.5. The van der Waals surface area contributed by atoms with Crippen molar-refractivity contribution < 1.29 is 9.59 Å². The van der Waals surface area contributed by atoms with E-state index in [1.807, 2.05) is 37.3 Å². The molecule has 6 nitrogen and oxygen atoms in total. The minimum Gasteiger partial charge on any atom is -0.343 e. The number of hydrogen-bond donors (Lipinski definition) is 3. The third-order valence-electron chi connectivity index (χ3n) is 4.43. The molecule has 2 heterocycles. The molecule has 2 aromatic carbocycles. The van der Waals surface area contributed by atoms with Crippen molar-refractivity contribution in [3.05, 3.63) is 63.6 Å². The number of rotatable bonds is 4.